The molecule has 0 radical (unpaired) electrons. The Hall–Kier alpha value is -2.81. The molecule has 1 aromatic heterocycles. The maximum absolute atomic E-state index is 13.7. The molecule has 0 saturated carbocycles. The van der Waals surface area contributed by atoms with Crippen molar-refractivity contribution in [2.75, 3.05) is 20.2 Å². The average Bonchev–Trinajstić information content (AvgIpc) is 3.31. The standard InChI is InChI=1S/C31H35NO5S2/c1-21-10-15-24(39(35,36)32-16-6-3-7-17-32)19-26(21)27(33)20-30-31(25-8-4-5-9-29(25)38-30)28(34)18-22-11-13-23(37-2)14-12-22/h10-15,19H,3-9,16-18,20H2,1-2H3. The molecule has 3 aromatic rings. The van der Waals surface area contributed by atoms with Crippen LogP contribution in [0.3, 0.4) is 0 Å². The van der Waals surface area contributed by atoms with Gasteiger partial charge >= 0.3 is 0 Å². The summed E-state index contributed by atoms with van der Waals surface area (Å²) in [5.74, 6) is 0.617. The van der Waals surface area contributed by atoms with Crippen LogP contribution in [0.15, 0.2) is 47.4 Å². The topological polar surface area (TPSA) is 80.8 Å². The second-order valence-electron chi connectivity index (χ2n) is 10.5. The fourth-order valence-electron chi connectivity index (χ4n) is 5.65. The van der Waals surface area contributed by atoms with Crippen LogP contribution in [0.5, 0.6) is 5.75 Å². The van der Waals surface area contributed by atoms with E-state index in [1.807, 2.05) is 31.2 Å². The predicted molar refractivity (Wildman–Crippen MR) is 154 cm³/mol. The normalized spacial score (nSPS) is 16.1. The van der Waals surface area contributed by atoms with Crippen LogP contribution in [0.25, 0.3) is 0 Å². The van der Waals surface area contributed by atoms with Gasteiger partial charge in [-0.2, -0.15) is 4.31 Å². The van der Waals surface area contributed by atoms with E-state index in [0.29, 0.717) is 24.2 Å². The molecule has 6 nitrogen and oxygen atoms in total. The number of thiophene rings is 1. The number of carbonyl (C=O) groups is 2. The second kappa shape index (κ2) is 11.7. The minimum Gasteiger partial charge on any atom is -0.497 e. The maximum atomic E-state index is 13.7. The monoisotopic (exact) mass is 565 g/mol. The number of hydrogen-bond acceptors (Lipinski definition) is 6. The molecule has 206 valence electrons. The van der Waals surface area contributed by atoms with Crippen LogP contribution in [-0.4, -0.2) is 44.5 Å². The fraction of sp³-hybridized carbons (Fsp3) is 0.419. The molecule has 0 amide bonds. The first-order valence-corrected chi connectivity index (χ1v) is 16.0. The third-order valence-electron chi connectivity index (χ3n) is 7.83. The molecule has 8 heteroatoms. The molecule has 0 N–H and O–H groups in total. The molecule has 1 saturated heterocycles. The van der Waals surface area contributed by atoms with Gasteiger partial charge < -0.3 is 4.74 Å². The highest BCUT2D eigenvalue weighted by Gasteiger charge is 2.29. The summed E-state index contributed by atoms with van der Waals surface area (Å²) in [6, 6.07) is 12.4. The lowest BCUT2D eigenvalue weighted by Gasteiger charge is -2.26. The fourth-order valence-corrected chi connectivity index (χ4v) is 8.60. The molecule has 0 bridgehead atoms. The molecule has 2 heterocycles. The van der Waals surface area contributed by atoms with Crippen molar-refractivity contribution in [3.63, 3.8) is 0 Å². The Morgan fingerprint density at radius 1 is 0.897 bits per heavy atom. The van der Waals surface area contributed by atoms with Crippen molar-refractivity contribution in [3.05, 3.63) is 80.0 Å². The number of ether oxygens (including phenoxy) is 1. The Balaban J connectivity index is 1.43. The number of sulfonamides is 1. The van der Waals surface area contributed by atoms with Crippen molar-refractivity contribution in [2.24, 2.45) is 0 Å². The minimum absolute atomic E-state index is 0.0283. The van der Waals surface area contributed by atoms with Crippen LogP contribution in [-0.2, 0) is 35.7 Å². The summed E-state index contributed by atoms with van der Waals surface area (Å²) in [7, 11) is -2.04. The average molecular weight is 566 g/mol. The van der Waals surface area contributed by atoms with E-state index in [9.17, 15) is 18.0 Å². The van der Waals surface area contributed by atoms with Crippen molar-refractivity contribution >= 4 is 32.9 Å². The predicted octanol–water partition coefficient (Wildman–Crippen LogP) is 5.97. The Kier molecular flexibility index (Phi) is 8.35. The van der Waals surface area contributed by atoms with Gasteiger partial charge in [0.2, 0.25) is 10.0 Å². The number of carbonyl (C=O) groups excluding carboxylic acids is 2. The maximum Gasteiger partial charge on any atom is 0.243 e. The molecule has 1 aliphatic carbocycles. The number of fused-ring (bicyclic) bond motifs is 1. The van der Waals surface area contributed by atoms with Gasteiger partial charge in [0.1, 0.15) is 5.75 Å². The summed E-state index contributed by atoms with van der Waals surface area (Å²) in [6.07, 6.45) is 7.00. The van der Waals surface area contributed by atoms with Crippen LogP contribution in [0, 0.1) is 6.92 Å². The third kappa shape index (κ3) is 5.88. The van der Waals surface area contributed by atoms with Gasteiger partial charge in [-0.1, -0.05) is 24.6 Å². The SMILES string of the molecule is COc1ccc(CC(=O)c2c(CC(=O)c3cc(S(=O)(=O)N4CCCCC4)ccc3C)sc3c2CCCC3)cc1. The van der Waals surface area contributed by atoms with Crippen molar-refractivity contribution in [1.82, 2.24) is 4.31 Å². The lowest BCUT2D eigenvalue weighted by Crippen LogP contribution is -2.35. The first-order valence-electron chi connectivity index (χ1n) is 13.7. The zero-order valence-electron chi connectivity index (χ0n) is 22.6. The molecular weight excluding hydrogens is 530 g/mol. The number of ketones is 2. The summed E-state index contributed by atoms with van der Waals surface area (Å²) in [5.41, 5.74) is 3.86. The van der Waals surface area contributed by atoms with Gasteiger partial charge in [0, 0.05) is 46.8 Å². The van der Waals surface area contributed by atoms with Crippen LogP contribution < -0.4 is 4.74 Å². The first-order chi connectivity index (χ1) is 18.8. The van der Waals surface area contributed by atoms with Crippen molar-refractivity contribution in [3.8, 4) is 5.75 Å². The van der Waals surface area contributed by atoms with Gasteiger partial charge in [0.15, 0.2) is 11.6 Å². The minimum atomic E-state index is -3.65. The number of piperidine rings is 1. The van der Waals surface area contributed by atoms with Crippen molar-refractivity contribution in [1.29, 1.82) is 0 Å². The van der Waals surface area contributed by atoms with E-state index in [4.69, 9.17) is 4.74 Å². The molecule has 1 aliphatic heterocycles. The number of rotatable bonds is 9. The molecular formula is C31H35NO5S2. The molecule has 2 aliphatic rings. The highest BCUT2D eigenvalue weighted by Crippen LogP contribution is 2.36. The summed E-state index contributed by atoms with van der Waals surface area (Å²) in [6.45, 7) is 2.86. The van der Waals surface area contributed by atoms with E-state index in [1.165, 1.54) is 15.2 Å². The van der Waals surface area contributed by atoms with Gasteiger partial charge in [-0.05, 0) is 86.4 Å². The van der Waals surface area contributed by atoms with Gasteiger partial charge in [0.05, 0.1) is 12.0 Å². The number of Topliss-reactive ketones (excluding diaryl/α,β-unsaturated/α-hetero) is 2. The summed E-state index contributed by atoms with van der Waals surface area (Å²) in [5, 5.41) is 0. The van der Waals surface area contributed by atoms with E-state index in [-0.39, 0.29) is 29.3 Å². The third-order valence-corrected chi connectivity index (χ3v) is 11.0. The largest absolute Gasteiger partial charge is 0.497 e. The molecule has 5 rings (SSSR count). The number of nitrogens with zero attached hydrogens (tertiary/aromatic N) is 1. The van der Waals surface area contributed by atoms with E-state index in [0.717, 1.165) is 72.3 Å². The van der Waals surface area contributed by atoms with Crippen LogP contribution in [0.4, 0.5) is 0 Å². The van der Waals surface area contributed by atoms with Gasteiger partial charge in [0.25, 0.3) is 0 Å². The molecule has 1 fully saturated rings. The highest BCUT2D eigenvalue weighted by atomic mass is 32.2. The van der Waals surface area contributed by atoms with Crippen LogP contribution >= 0.6 is 11.3 Å². The summed E-state index contributed by atoms with van der Waals surface area (Å²) in [4.78, 5) is 29.5. The number of aryl methyl sites for hydroxylation is 2. The Labute approximate surface area is 235 Å². The van der Waals surface area contributed by atoms with Gasteiger partial charge in [-0.25, -0.2) is 8.42 Å². The van der Waals surface area contributed by atoms with Crippen LogP contribution in [0.1, 0.15) is 79.3 Å². The zero-order chi connectivity index (χ0) is 27.6. The van der Waals surface area contributed by atoms with Crippen molar-refractivity contribution in [2.45, 2.75) is 69.6 Å². The lowest BCUT2D eigenvalue weighted by atomic mass is 9.90. The molecule has 2 aromatic carbocycles. The van der Waals surface area contributed by atoms with Crippen LogP contribution in [0.2, 0.25) is 0 Å². The first kappa shape index (κ1) is 27.7. The Morgan fingerprint density at radius 2 is 1.62 bits per heavy atom. The van der Waals surface area contributed by atoms with Gasteiger partial charge in [-0.15, -0.1) is 11.3 Å². The Bertz CT molecular complexity index is 1480. The molecule has 39 heavy (non-hydrogen) atoms. The molecule has 0 unspecified atom stereocenters. The quantitative estimate of drug-likeness (QED) is 0.299. The van der Waals surface area contributed by atoms with Gasteiger partial charge in [-0.3, -0.25) is 9.59 Å². The Morgan fingerprint density at radius 3 is 2.33 bits per heavy atom. The zero-order valence-corrected chi connectivity index (χ0v) is 24.3. The van der Waals surface area contributed by atoms with Crippen molar-refractivity contribution < 1.29 is 22.7 Å². The molecule has 0 atom stereocenters. The van der Waals surface area contributed by atoms with E-state index in [1.54, 1.807) is 30.6 Å². The van der Waals surface area contributed by atoms with E-state index in [2.05, 4.69) is 0 Å². The van der Waals surface area contributed by atoms with E-state index >= 15 is 0 Å². The number of benzene rings is 2. The number of methoxy groups -OCH3 is 1. The summed E-state index contributed by atoms with van der Waals surface area (Å²) < 4.78 is 33.3. The molecule has 0 spiro atoms. The highest BCUT2D eigenvalue weighted by molar-refractivity contribution is 7.89. The smallest absolute Gasteiger partial charge is 0.243 e. The number of hydrogen-bond donors (Lipinski definition) is 0. The summed E-state index contributed by atoms with van der Waals surface area (Å²) >= 11 is 1.58. The second-order valence-corrected chi connectivity index (χ2v) is 13.6. The lowest BCUT2D eigenvalue weighted by molar-refractivity contribution is 0.0989. The van der Waals surface area contributed by atoms with E-state index < -0.39 is 10.0 Å².